The van der Waals surface area contributed by atoms with Crippen molar-refractivity contribution in [1.29, 1.82) is 0 Å². The van der Waals surface area contributed by atoms with E-state index < -0.39 is 0 Å². The highest BCUT2D eigenvalue weighted by Gasteiger charge is 2.16. The Balaban J connectivity index is 1.55. The average molecular weight is 396 g/mol. The third-order valence-corrected chi connectivity index (χ3v) is 4.70. The molecular weight excluding hydrogens is 378 g/mol. The lowest BCUT2D eigenvalue weighted by atomic mass is 10.2. The van der Waals surface area contributed by atoms with Crippen molar-refractivity contribution in [2.24, 2.45) is 0 Å². The minimum absolute atomic E-state index is 0.0604. The van der Waals surface area contributed by atoms with Gasteiger partial charge >= 0.3 is 0 Å². The Labute approximate surface area is 166 Å². The van der Waals surface area contributed by atoms with E-state index in [0.717, 1.165) is 17.1 Å². The van der Waals surface area contributed by atoms with Gasteiger partial charge in [-0.3, -0.25) is 4.79 Å². The summed E-state index contributed by atoms with van der Waals surface area (Å²) in [5.41, 5.74) is 3.64. The summed E-state index contributed by atoms with van der Waals surface area (Å²) in [5, 5.41) is 0.0604. The zero-order valence-corrected chi connectivity index (χ0v) is 16.2. The van der Waals surface area contributed by atoms with Crippen molar-refractivity contribution in [3.63, 3.8) is 0 Å². The van der Waals surface area contributed by atoms with E-state index in [1.165, 1.54) is 0 Å². The summed E-state index contributed by atoms with van der Waals surface area (Å²) < 4.78 is 12.5. The van der Waals surface area contributed by atoms with Gasteiger partial charge in [0, 0.05) is 30.2 Å². The molecule has 2 heterocycles. The molecule has 0 fully saturated rings. The highest BCUT2D eigenvalue weighted by molar-refractivity contribution is 6.28. The number of hydrogen-bond donors (Lipinski definition) is 0. The standard InChI is InChI=1S/C21H18ClN3O3/c1-24(20(26)14-5-10-19-18(12-14)23-21(22)28-19)13-16-4-3-11-25(16)15-6-8-17(27-2)9-7-15/h3-12H,13H2,1-2H3. The monoisotopic (exact) mass is 395 g/mol. The molecule has 0 radical (unpaired) electrons. The minimum atomic E-state index is -0.108. The van der Waals surface area contributed by atoms with Crippen LogP contribution < -0.4 is 4.74 Å². The van der Waals surface area contributed by atoms with Crippen molar-refractivity contribution >= 4 is 28.6 Å². The number of oxazole rings is 1. The lowest BCUT2D eigenvalue weighted by Crippen LogP contribution is -2.27. The molecule has 6 nitrogen and oxygen atoms in total. The summed E-state index contributed by atoms with van der Waals surface area (Å²) in [6, 6.07) is 16.8. The van der Waals surface area contributed by atoms with E-state index in [9.17, 15) is 4.79 Å². The Morgan fingerprint density at radius 1 is 1.21 bits per heavy atom. The van der Waals surface area contributed by atoms with Crippen molar-refractivity contribution in [2.75, 3.05) is 14.2 Å². The van der Waals surface area contributed by atoms with Gasteiger partial charge in [0.2, 0.25) is 0 Å². The molecule has 2 aromatic heterocycles. The van der Waals surface area contributed by atoms with Crippen LogP contribution in [0.2, 0.25) is 5.35 Å². The molecule has 0 aliphatic carbocycles. The zero-order valence-electron chi connectivity index (χ0n) is 15.4. The molecule has 4 rings (SSSR count). The van der Waals surface area contributed by atoms with Crippen LogP contribution in [0, 0.1) is 0 Å². The number of ether oxygens (including phenoxy) is 1. The summed E-state index contributed by atoms with van der Waals surface area (Å²) in [6.07, 6.45) is 1.97. The third-order valence-electron chi connectivity index (χ3n) is 4.54. The number of nitrogens with zero attached hydrogens (tertiary/aromatic N) is 3. The van der Waals surface area contributed by atoms with Crippen LogP contribution in [-0.2, 0) is 6.54 Å². The molecular formula is C21H18ClN3O3. The molecule has 1 amide bonds. The molecule has 0 aliphatic rings. The van der Waals surface area contributed by atoms with Gasteiger partial charge in [0.15, 0.2) is 5.58 Å². The van der Waals surface area contributed by atoms with E-state index in [4.69, 9.17) is 20.8 Å². The number of carbonyl (C=O) groups excluding carboxylic acids is 1. The number of benzene rings is 2. The first-order valence-corrected chi connectivity index (χ1v) is 9.05. The van der Waals surface area contributed by atoms with Crippen LogP contribution >= 0.6 is 11.6 Å². The van der Waals surface area contributed by atoms with E-state index in [1.807, 2.05) is 47.2 Å². The Morgan fingerprint density at radius 3 is 2.75 bits per heavy atom. The first-order chi connectivity index (χ1) is 13.5. The first-order valence-electron chi connectivity index (χ1n) is 8.67. The van der Waals surface area contributed by atoms with Crippen molar-refractivity contribution in [3.8, 4) is 11.4 Å². The van der Waals surface area contributed by atoms with Crippen LogP contribution in [-0.4, -0.2) is 34.5 Å². The molecule has 142 valence electrons. The molecule has 0 unspecified atom stereocenters. The Kier molecular flexibility index (Phi) is 4.79. The van der Waals surface area contributed by atoms with E-state index in [1.54, 1.807) is 37.3 Å². The van der Waals surface area contributed by atoms with Gasteiger partial charge < -0.3 is 18.6 Å². The summed E-state index contributed by atoms with van der Waals surface area (Å²) >= 11 is 5.78. The van der Waals surface area contributed by atoms with E-state index in [0.29, 0.717) is 23.2 Å². The number of methoxy groups -OCH3 is 1. The molecule has 0 bridgehead atoms. The number of halogens is 1. The second-order valence-corrected chi connectivity index (χ2v) is 6.70. The first kappa shape index (κ1) is 18.1. The molecule has 4 aromatic rings. The quantitative estimate of drug-likeness (QED) is 0.497. The van der Waals surface area contributed by atoms with Gasteiger partial charge in [0.1, 0.15) is 11.3 Å². The average Bonchev–Trinajstić information content (AvgIpc) is 3.32. The Morgan fingerprint density at radius 2 is 2.00 bits per heavy atom. The van der Waals surface area contributed by atoms with Crippen molar-refractivity contribution < 1.29 is 13.9 Å². The fourth-order valence-corrected chi connectivity index (χ4v) is 3.28. The summed E-state index contributed by atoms with van der Waals surface area (Å²) in [5.74, 6) is 0.691. The van der Waals surface area contributed by atoms with E-state index >= 15 is 0 Å². The van der Waals surface area contributed by atoms with Crippen LogP contribution in [0.4, 0.5) is 0 Å². The molecule has 2 aromatic carbocycles. The fourth-order valence-electron chi connectivity index (χ4n) is 3.11. The second kappa shape index (κ2) is 7.40. The van der Waals surface area contributed by atoms with Crippen molar-refractivity contribution in [2.45, 2.75) is 6.54 Å². The van der Waals surface area contributed by atoms with E-state index in [2.05, 4.69) is 4.98 Å². The largest absolute Gasteiger partial charge is 0.497 e. The van der Waals surface area contributed by atoms with Gasteiger partial charge in [-0.05, 0) is 66.2 Å². The smallest absolute Gasteiger partial charge is 0.293 e. The van der Waals surface area contributed by atoms with Gasteiger partial charge in [-0.1, -0.05) is 0 Å². The highest BCUT2D eigenvalue weighted by Crippen LogP contribution is 2.22. The summed E-state index contributed by atoms with van der Waals surface area (Å²) in [6.45, 7) is 0.454. The zero-order chi connectivity index (χ0) is 19.7. The Bertz CT molecular complexity index is 1130. The lowest BCUT2D eigenvalue weighted by molar-refractivity contribution is 0.0783. The molecule has 0 atom stereocenters. The maximum Gasteiger partial charge on any atom is 0.293 e. The second-order valence-electron chi connectivity index (χ2n) is 6.38. The van der Waals surface area contributed by atoms with Crippen LogP contribution in [0.5, 0.6) is 5.75 Å². The number of fused-ring (bicyclic) bond motifs is 1. The molecule has 0 spiro atoms. The number of amides is 1. The predicted molar refractivity (Wildman–Crippen MR) is 107 cm³/mol. The van der Waals surface area contributed by atoms with Crippen LogP contribution in [0.15, 0.2) is 65.2 Å². The molecule has 0 saturated heterocycles. The van der Waals surface area contributed by atoms with Gasteiger partial charge in [-0.15, -0.1) is 0 Å². The van der Waals surface area contributed by atoms with E-state index in [-0.39, 0.29) is 11.3 Å². The summed E-state index contributed by atoms with van der Waals surface area (Å²) in [7, 11) is 3.41. The normalized spacial score (nSPS) is 11.0. The van der Waals surface area contributed by atoms with Crippen LogP contribution in [0.3, 0.4) is 0 Å². The third kappa shape index (κ3) is 3.46. The minimum Gasteiger partial charge on any atom is -0.497 e. The number of rotatable bonds is 5. The Hall–Kier alpha value is -3.25. The predicted octanol–water partition coefficient (Wildman–Crippen LogP) is 4.55. The maximum atomic E-state index is 12.9. The summed E-state index contributed by atoms with van der Waals surface area (Å²) in [4.78, 5) is 18.6. The molecule has 28 heavy (non-hydrogen) atoms. The van der Waals surface area contributed by atoms with Gasteiger partial charge in [-0.2, -0.15) is 4.98 Å². The fraction of sp³-hybridized carbons (Fsp3) is 0.143. The van der Waals surface area contributed by atoms with Gasteiger partial charge in [0.25, 0.3) is 11.3 Å². The molecule has 0 aliphatic heterocycles. The topological polar surface area (TPSA) is 60.5 Å². The SMILES string of the molecule is COc1ccc(-n2cccc2CN(C)C(=O)c2ccc3oc(Cl)nc3c2)cc1. The maximum absolute atomic E-state index is 12.9. The molecule has 0 saturated carbocycles. The lowest BCUT2D eigenvalue weighted by Gasteiger charge is -2.19. The van der Waals surface area contributed by atoms with Crippen molar-refractivity contribution in [1.82, 2.24) is 14.5 Å². The van der Waals surface area contributed by atoms with Crippen molar-refractivity contribution in [3.05, 3.63) is 77.4 Å². The van der Waals surface area contributed by atoms with Gasteiger partial charge in [-0.25, -0.2) is 0 Å². The van der Waals surface area contributed by atoms with Crippen LogP contribution in [0.1, 0.15) is 16.1 Å². The molecule has 0 N–H and O–H groups in total. The number of carbonyl (C=O) groups is 1. The molecule has 7 heteroatoms. The van der Waals surface area contributed by atoms with Gasteiger partial charge in [0.05, 0.1) is 13.7 Å². The highest BCUT2D eigenvalue weighted by atomic mass is 35.5. The number of aromatic nitrogens is 2. The van der Waals surface area contributed by atoms with Crippen LogP contribution in [0.25, 0.3) is 16.8 Å². The number of hydrogen-bond acceptors (Lipinski definition) is 4.